The van der Waals surface area contributed by atoms with Crippen molar-refractivity contribution in [2.45, 2.75) is 71.8 Å². The fraction of sp³-hybridized carbons (Fsp3) is 0.789. The van der Waals surface area contributed by atoms with E-state index in [0.29, 0.717) is 11.8 Å². The van der Waals surface area contributed by atoms with Crippen molar-refractivity contribution in [2.24, 2.45) is 11.3 Å². The minimum Gasteiger partial charge on any atom is -0.342 e. The van der Waals surface area contributed by atoms with E-state index in [9.17, 15) is 4.79 Å². The van der Waals surface area contributed by atoms with Gasteiger partial charge >= 0.3 is 0 Å². The molecule has 1 aromatic rings. The zero-order valence-electron chi connectivity index (χ0n) is 14.9. The number of hydrogen-bond donors (Lipinski definition) is 0. The smallest absolute Gasteiger partial charge is 0.226 e. The van der Waals surface area contributed by atoms with Crippen LogP contribution in [-0.4, -0.2) is 33.7 Å². The quantitative estimate of drug-likeness (QED) is 0.850. The highest BCUT2D eigenvalue weighted by Crippen LogP contribution is 2.42. The Balaban J connectivity index is 1.59. The first-order chi connectivity index (χ1) is 11.0. The van der Waals surface area contributed by atoms with E-state index in [1.165, 1.54) is 24.8 Å². The van der Waals surface area contributed by atoms with E-state index >= 15 is 0 Å². The second kappa shape index (κ2) is 6.66. The van der Waals surface area contributed by atoms with Crippen molar-refractivity contribution < 1.29 is 4.79 Å². The Bertz CT molecular complexity index is 541. The first-order valence-electron chi connectivity index (χ1n) is 9.32. The monoisotopic (exact) mass is 317 g/mol. The lowest BCUT2D eigenvalue weighted by Crippen LogP contribution is -2.46. The molecule has 1 aliphatic heterocycles. The predicted molar refractivity (Wildman–Crippen MR) is 92.2 cm³/mol. The molecule has 23 heavy (non-hydrogen) atoms. The van der Waals surface area contributed by atoms with Gasteiger partial charge in [0, 0.05) is 31.7 Å². The molecule has 2 heterocycles. The molecule has 1 atom stereocenters. The van der Waals surface area contributed by atoms with Gasteiger partial charge in [0.2, 0.25) is 5.91 Å². The number of rotatable bonds is 3. The summed E-state index contributed by atoms with van der Waals surface area (Å²) in [5, 5.41) is 4.39. The highest BCUT2D eigenvalue weighted by Gasteiger charge is 2.39. The van der Waals surface area contributed by atoms with Gasteiger partial charge in [0.15, 0.2) is 0 Å². The Kier molecular flexibility index (Phi) is 4.79. The summed E-state index contributed by atoms with van der Waals surface area (Å²) >= 11 is 0. The summed E-state index contributed by atoms with van der Waals surface area (Å²) in [7, 11) is 0. The van der Waals surface area contributed by atoms with Crippen LogP contribution >= 0.6 is 0 Å². The summed E-state index contributed by atoms with van der Waals surface area (Å²) < 4.78 is 2.00. The zero-order valence-corrected chi connectivity index (χ0v) is 14.9. The summed E-state index contributed by atoms with van der Waals surface area (Å²) in [6, 6.07) is 0. The average molecular weight is 317 g/mol. The maximum atomic E-state index is 13.0. The molecule has 1 saturated heterocycles. The van der Waals surface area contributed by atoms with E-state index in [-0.39, 0.29) is 11.3 Å². The molecule has 128 valence electrons. The second-order valence-corrected chi connectivity index (χ2v) is 8.02. The van der Waals surface area contributed by atoms with Gasteiger partial charge in [-0.1, -0.05) is 26.7 Å². The molecule has 0 N–H and O–H groups in total. The van der Waals surface area contributed by atoms with Crippen LogP contribution in [0.1, 0.15) is 70.8 Å². The van der Waals surface area contributed by atoms with Gasteiger partial charge in [0.05, 0.1) is 6.20 Å². The van der Waals surface area contributed by atoms with Crippen LogP contribution in [0.4, 0.5) is 0 Å². The predicted octanol–water partition coefficient (Wildman–Crippen LogP) is 3.83. The molecule has 1 saturated carbocycles. The molecule has 4 nitrogen and oxygen atoms in total. The van der Waals surface area contributed by atoms with Crippen molar-refractivity contribution >= 4 is 5.91 Å². The van der Waals surface area contributed by atoms with Crippen molar-refractivity contribution in [1.29, 1.82) is 0 Å². The fourth-order valence-corrected chi connectivity index (χ4v) is 4.37. The maximum absolute atomic E-state index is 13.0. The molecule has 1 aromatic heterocycles. The van der Waals surface area contributed by atoms with E-state index in [4.69, 9.17) is 0 Å². The van der Waals surface area contributed by atoms with Crippen molar-refractivity contribution in [1.82, 2.24) is 14.7 Å². The van der Waals surface area contributed by atoms with Crippen LogP contribution in [0.15, 0.2) is 12.4 Å². The van der Waals surface area contributed by atoms with E-state index in [0.717, 1.165) is 38.9 Å². The number of carbonyl (C=O) groups is 1. The number of likely N-dealkylation sites (tertiary alicyclic amines) is 1. The number of carbonyl (C=O) groups excluding carboxylic acids is 1. The van der Waals surface area contributed by atoms with Crippen LogP contribution in [0.25, 0.3) is 0 Å². The lowest BCUT2D eigenvalue weighted by molar-refractivity contribution is -0.142. The molecule has 1 unspecified atom stereocenters. The van der Waals surface area contributed by atoms with Gasteiger partial charge in [-0.3, -0.25) is 9.48 Å². The molecule has 0 bridgehead atoms. The molecule has 2 fully saturated rings. The Morgan fingerprint density at radius 1 is 1.26 bits per heavy atom. The number of hydrogen-bond acceptors (Lipinski definition) is 2. The maximum Gasteiger partial charge on any atom is 0.226 e. The lowest BCUT2D eigenvalue weighted by Gasteiger charge is -2.42. The number of amides is 1. The SMILES string of the molecule is CCn1cc(C2CCN(C(=O)C3CCCCC3(C)C)CC2)cn1. The molecule has 0 spiro atoms. The Labute approximate surface area is 140 Å². The van der Waals surface area contributed by atoms with Crippen molar-refractivity contribution in [3.8, 4) is 0 Å². The van der Waals surface area contributed by atoms with Crippen molar-refractivity contribution in [2.75, 3.05) is 13.1 Å². The highest BCUT2D eigenvalue weighted by molar-refractivity contribution is 5.79. The van der Waals surface area contributed by atoms with Gasteiger partial charge in [-0.05, 0) is 49.5 Å². The third-order valence-electron chi connectivity index (χ3n) is 6.06. The summed E-state index contributed by atoms with van der Waals surface area (Å²) in [5.41, 5.74) is 1.52. The third-order valence-corrected chi connectivity index (χ3v) is 6.06. The van der Waals surface area contributed by atoms with Crippen LogP contribution in [0.2, 0.25) is 0 Å². The fourth-order valence-electron chi connectivity index (χ4n) is 4.37. The molecule has 2 aliphatic rings. The Morgan fingerprint density at radius 3 is 2.61 bits per heavy atom. The van der Waals surface area contributed by atoms with Crippen LogP contribution in [0.5, 0.6) is 0 Å². The topological polar surface area (TPSA) is 38.1 Å². The first-order valence-corrected chi connectivity index (χ1v) is 9.32. The number of aromatic nitrogens is 2. The van der Waals surface area contributed by atoms with Gasteiger partial charge in [-0.2, -0.15) is 5.10 Å². The molecule has 0 radical (unpaired) electrons. The molecule has 0 aromatic carbocycles. The zero-order chi connectivity index (χ0) is 16.4. The molecule has 3 rings (SSSR count). The van der Waals surface area contributed by atoms with E-state index in [1.807, 2.05) is 10.9 Å². The van der Waals surface area contributed by atoms with Gasteiger partial charge < -0.3 is 4.90 Å². The van der Waals surface area contributed by atoms with Crippen LogP contribution in [0.3, 0.4) is 0 Å². The van der Waals surface area contributed by atoms with Gasteiger partial charge in [-0.25, -0.2) is 0 Å². The highest BCUT2D eigenvalue weighted by atomic mass is 16.2. The number of piperidine rings is 1. The molecule has 1 amide bonds. The second-order valence-electron chi connectivity index (χ2n) is 8.02. The van der Waals surface area contributed by atoms with E-state index in [2.05, 4.69) is 37.0 Å². The van der Waals surface area contributed by atoms with Crippen LogP contribution in [0, 0.1) is 11.3 Å². The normalized spacial score (nSPS) is 25.5. The van der Waals surface area contributed by atoms with Gasteiger partial charge in [0.25, 0.3) is 0 Å². The molecule has 4 heteroatoms. The molecular weight excluding hydrogens is 286 g/mol. The van der Waals surface area contributed by atoms with E-state index in [1.54, 1.807) is 0 Å². The van der Waals surface area contributed by atoms with Crippen molar-refractivity contribution in [3.63, 3.8) is 0 Å². The Morgan fingerprint density at radius 2 is 2.00 bits per heavy atom. The summed E-state index contributed by atoms with van der Waals surface area (Å²) in [6.07, 6.45) is 11.1. The minimum atomic E-state index is 0.175. The van der Waals surface area contributed by atoms with Gasteiger partial charge in [0.1, 0.15) is 0 Å². The molecular formula is C19H31N3O. The molecule has 1 aliphatic carbocycles. The minimum absolute atomic E-state index is 0.175. The number of aryl methyl sites for hydroxylation is 1. The summed E-state index contributed by atoms with van der Waals surface area (Å²) in [6.45, 7) is 9.42. The summed E-state index contributed by atoms with van der Waals surface area (Å²) in [4.78, 5) is 15.1. The summed E-state index contributed by atoms with van der Waals surface area (Å²) in [5.74, 6) is 1.21. The standard InChI is InChI=1S/C19H31N3O/c1-4-22-14-16(13-20-22)15-8-11-21(12-9-15)18(23)17-7-5-6-10-19(17,2)3/h13-15,17H,4-12H2,1-3H3. The van der Waals surface area contributed by atoms with Crippen molar-refractivity contribution in [3.05, 3.63) is 18.0 Å². The van der Waals surface area contributed by atoms with E-state index < -0.39 is 0 Å². The third kappa shape index (κ3) is 3.46. The first kappa shape index (κ1) is 16.5. The average Bonchev–Trinajstić information content (AvgIpc) is 3.03. The Hall–Kier alpha value is -1.32. The van der Waals surface area contributed by atoms with Crippen LogP contribution < -0.4 is 0 Å². The van der Waals surface area contributed by atoms with Gasteiger partial charge in [-0.15, -0.1) is 0 Å². The lowest BCUT2D eigenvalue weighted by atomic mass is 9.68. The van der Waals surface area contributed by atoms with Crippen LogP contribution in [-0.2, 0) is 11.3 Å². The number of nitrogens with zero attached hydrogens (tertiary/aromatic N) is 3. The largest absolute Gasteiger partial charge is 0.342 e.